The summed E-state index contributed by atoms with van der Waals surface area (Å²) in [5.74, 6) is -0.440. The SMILES string of the molecule is CC(=O)c1ccc(Cl)c(C(F)F)c1C#N. The Morgan fingerprint density at radius 3 is 2.53 bits per heavy atom. The summed E-state index contributed by atoms with van der Waals surface area (Å²) >= 11 is 5.54. The summed E-state index contributed by atoms with van der Waals surface area (Å²) in [5.41, 5.74) is -0.950. The fourth-order valence-electron chi connectivity index (χ4n) is 1.22. The van der Waals surface area contributed by atoms with Crippen LogP contribution < -0.4 is 0 Å². The molecule has 0 bridgehead atoms. The predicted octanol–water partition coefficient (Wildman–Crippen LogP) is 3.35. The normalized spacial score (nSPS) is 10.1. The van der Waals surface area contributed by atoms with Crippen LogP contribution >= 0.6 is 11.6 Å². The minimum atomic E-state index is -2.87. The maximum atomic E-state index is 12.6. The van der Waals surface area contributed by atoms with Crippen LogP contribution in [0.3, 0.4) is 0 Å². The molecule has 0 heterocycles. The first-order chi connectivity index (χ1) is 6.99. The van der Waals surface area contributed by atoms with E-state index in [1.807, 2.05) is 0 Å². The van der Waals surface area contributed by atoms with E-state index in [0.717, 1.165) is 0 Å². The summed E-state index contributed by atoms with van der Waals surface area (Å²) in [6.07, 6.45) is -2.87. The van der Waals surface area contributed by atoms with Gasteiger partial charge in [0.05, 0.1) is 16.1 Å². The van der Waals surface area contributed by atoms with Gasteiger partial charge in [0.2, 0.25) is 0 Å². The molecule has 0 atom stereocenters. The Kier molecular flexibility index (Phi) is 3.38. The van der Waals surface area contributed by atoms with Crippen LogP contribution in [0.15, 0.2) is 12.1 Å². The third-order valence-electron chi connectivity index (χ3n) is 1.90. The van der Waals surface area contributed by atoms with E-state index in [4.69, 9.17) is 16.9 Å². The van der Waals surface area contributed by atoms with Gasteiger partial charge in [-0.3, -0.25) is 4.79 Å². The number of ketones is 1. The van der Waals surface area contributed by atoms with E-state index in [1.165, 1.54) is 19.1 Å². The third-order valence-corrected chi connectivity index (χ3v) is 2.23. The van der Waals surface area contributed by atoms with Crippen molar-refractivity contribution in [2.75, 3.05) is 0 Å². The van der Waals surface area contributed by atoms with Crippen molar-refractivity contribution in [3.05, 3.63) is 33.8 Å². The van der Waals surface area contributed by atoms with Crippen LogP contribution in [0, 0.1) is 11.3 Å². The second kappa shape index (κ2) is 4.37. The first kappa shape index (κ1) is 11.6. The molecule has 0 radical (unpaired) electrons. The van der Waals surface area contributed by atoms with Crippen LogP contribution in [0.4, 0.5) is 8.78 Å². The summed E-state index contributed by atoms with van der Waals surface area (Å²) in [7, 11) is 0. The van der Waals surface area contributed by atoms with E-state index in [0.29, 0.717) is 0 Å². The van der Waals surface area contributed by atoms with Crippen LogP contribution in [-0.4, -0.2) is 5.78 Å². The Bertz CT molecular complexity index is 451. The largest absolute Gasteiger partial charge is 0.294 e. The monoisotopic (exact) mass is 229 g/mol. The lowest BCUT2D eigenvalue weighted by Crippen LogP contribution is -2.02. The van der Waals surface area contributed by atoms with E-state index in [1.54, 1.807) is 6.07 Å². The Hall–Kier alpha value is -1.47. The maximum Gasteiger partial charge on any atom is 0.266 e. The van der Waals surface area contributed by atoms with E-state index < -0.39 is 17.8 Å². The molecule has 0 aliphatic heterocycles. The minimum absolute atomic E-state index is 0.0304. The molecule has 0 spiro atoms. The second-order valence-corrected chi connectivity index (χ2v) is 3.26. The molecule has 2 nitrogen and oxygen atoms in total. The lowest BCUT2D eigenvalue weighted by Gasteiger charge is -2.08. The molecule has 5 heteroatoms. The van der Waals surface area contributed by atoms with Crippen molar-refractivity contribution in [1.29, 1.82) is 5.26 Å². The molecule has 1 aromatic rings. The molecule has 0 saturated heterocycles. The zero-order chi connectivity index (χ0) is 11.6. The van der Waals surface area contributed by atoms with Gasteiger partial charge in [0, 0.05) is 5.56 Å². The van der Waals surface area contributed by atoms with E-state index >= 15 is 0 Å². The van der Waals surface area contributed by atoms with Gasteiger partial charge in [0.25, 0.3) is 6.43 Å². The van der Waals surface area contributed by atoms with Gasteiger partial charge >= 0.3 is 0 Å². The van der Waals surface area contributed by atoms with E-state index in [-0.39, 0.29) is 16.1 Å². The smallest absolute Gasteiger partial charge is 0.266 e. The van der Waals surface area contributed by atoms with Crippen molar-refractivity contribution < 1.29 is 13.6 Å². The fraction of sp³-hybridized carbons (Fsp3) is 0.200. The fourth-order valence-corrected chi connectivity index (χ4v) is 1.46. The van der Waals surface area contributed by atoms with Gasteiger partial charge in [-0.1, -0.05) is 11.6 Å². The van der Waals surface area contributed by atoms with Gasteiger partial charge in [-0.15, -0.1) is 0 Å². The average Bonchev–Trinajstić information content (AvgIpc) is 2.15. The van der Waals surface area contributed by atoms with Crippen molar-refractivity contribution in [2.45, 2.75) is 13.3 Å². The molecule has 1 rings (SSSR count). The number of hydrogen-bond donors (Lipinski definition) is 0. The maximum absolute atomic E-state index is 12.6. The average molecular weight is 230 g/mol. The van der Waals surface area contributed by atoms with Crippen LogP contribution in [0.25, 0.3) is 0 Å². The number of alkyl halides is 2. The zero-order valence-corrected chi connectivity index (χ0v) is 8.48. The van der Waals surface area contributed by atoms with Crippen molar-refractivity contribution in [1.82, 2.24) is 0 Å². The molecule has 0 aliphatic carbocycles. The molecule has 0 unspecified atom stereocenters. The van der Waals surface area contributed by atoms with Gasteiger partial charge in [-0.2, -0.15) is 5.26 Å². The van der Waals surface area contributed by atoms with Gasteiger partial charge in [-0.25, -0.2) is 8.78 Å². The van der Waals surface area contributed by atoms with Crippen LogP contribution in [0.5, 0.6) is 0 Å². The van der Waals surface area contributed by atoms with E-state index in [2.05, 4.69) is 0 Å². The number of halogens is 3. The molecule has 0 fully saturated rings. The number of carbonyl (C=O) groups excluding carboxylic acids is 1. The zero-order valence-electron chi connectivity index (χ0n) is 7.72. The van der Waals surface area contributed by atoms with Gasteiger partial charge in [0.15, 0.2) is 5.78 Å². The van der Waals surface area contributed by atoms with Crippen LogP contribution in [0.2, 0.25) is 5.02 Å². The van der Waals surface area contributed by atoms with Crippen molar-refractivity contribution in [2.24, 2.45) is 0 Å². The number of carbonyl (C=O) groups is 1. The Balaban J connectivity index is 3.56. The second-order valence-electron chi connectivity index (χ2n) is 2.85. The number of nitrogens with zero attached hydrogens (tertiary/aromatic N) is 1. The molecule has 15 heavy (non-hydrogen) atoms. The third kappa shape index (κ3) is 2.13. The first-order valence-electron chi connectivity index (χ1n) is 4.00. The number of nitriles is 1. The van der Waals surface area contributed by atoms with Gasteiger partial charge in [0.1, 0.15) is 6.07 Å². The molecule has 0 aliphatic rings. The number of Topliss-reactive ketones (excluding diaryl/α,β-unsaturated/α-hetero) is 1. The van der Waals surface area contributed by atoms with Crippen LogP contribution in [-0.2, 0) is 0 Å². The summed E-state index contributed by atoms with van der Waals surface area (Å²) in [6, 6.07) is 4.05. The minimum Gasteiger partial charge on any atom is -0.294 e. The number of rotatable bonds is 2. The molecule has 78 valence electrons. The summed E-state index contributed by atoms with van der Waals surface area (Å²) in [5, 5.41) is 8.53. The van der Waals surface area contributed by atoms with Crippen molar-refractivity contribution in [3.63, 3.8) is 0 Å². The summed E-state index contributed by atoms with van der Waals surface area (Å²) in [6.45, 7) is 1.21. The Morgan fingerprint density at radius 2 is 2.13 bits per heavy atom. The highest BCUT2D eigenvalue weighted by Crippen LogP contribution is 2.32. The van der Waals surface area contributed by atoms with Gasteiger partial charge in [-0.05, 0) is 19.1 Å². The first-order valence-corrected chi connectivity index (χ1v) is 4.38. The van der Waals surface area contributed by atoms with Crippen molar-refractivity contribution >= 4 is 17.4 Å². The molecular weight excluding hydrogens is 224 g/mol. The molecule has 0 saturated carbocycles. The number of hydrogen-bond acceptors (Lipinski definition) is 2. The highest BCUT2D eigenvalue weighted by atomic mass is 35.5. The Labute approximate surface area is 90.1 Å². The summed E-state index contributed by atoms with van der Waals surface area (Å²) in [4.78, 5) is 11.1. The molecule has 0 amide bonds. The molecule has 0 aromatic heterocycles. The standard InChI is InChI=1S/C10H6ClF2NO/c1-5(15)6-2-3-8(11)9(10(12)13)7(6)4-14/h2-3,10H,1H3. The summed E-state index contributed by atoms with van der Waals surface area (Å²) < 4.78 is 25.1. The number of benzene rings is 1. The lowest BCUT2D eigenvalue weighted by atomic mass is 9.99. The molecular formula is C10H6ClF2NO. The predicted molar refractivity (Wildman–Crippen MR) is 51.1 cm³/mol. The van der Waals surface area contributed by atoms with Crippen molar-refractivity contribution in [3.8, 4) is 6.07 Å². The highest BCUT2D eigenvalue weighted by molar-refractivity contribution is 6.31. The van der Waals surface area contributed by atoms with Crippen LogP contribution in [0.1, 0.15) is 34.8 Å². The molecule has 0 N–H and O–H groups in total. The van der Waals surface area contributed by atoms with E-state index in [9.17, 15) is 13.6 Å². The molecule has 1 aromatic carbocycles. The highest BCUT2D eigenvalue weighted by Gasteiger charge is 2.21. The Morgan fingerprint density at radius 1 is 1.53 bits per heavy atom. The quantitative estimate of drug-likeness (QED) is 0.730. The lowest BCUT2D eigenvalue weighted by molar-refractivity contribution is 0.101. The topological polar surface area (TPSA) is 40.9 Å². The van der Waals surface area contributed by atoms with Gasteiger partial charge < -0.3 is 0 Å².